The number of H-pyrrole nitrogens is 2. The Morgan fingerprint density at radius 2 is 1.85 bits per heavy atom. The molecule has 0 unspecified atom stereocenters. The number of aromatic amines is 2. The summed E-state index contributed by atoms with van der Waals surface area (Å²) in [7, 11) is 0. The number of aromatic nitrogens is 3. The van der Waals surface area contributed by atoms with Gasteiger partial charge < -0.3 is 5.32 Å². The molecule has 0 saturated carbocycles. The third-order valence-electron chi connectivity index (χ3n) is 2.84. The molecule has 1 aromatic heterocycles. The average Bonchev–Trinajstić information content (AvgIpc) is 2.80. The van der Waals surface area contributed by atoms with Crippen LogP contribution in [0.2, 0.25) is 0 Å². The van der Waals surface area contributed by atoms with Crippen molar-refractivity contribution in [3.8, 4) is 0 Å². The molecule has 0 atom stereocenters. The summed E-state index contributed by atoms with van der Waals surface area (Å²) in [4.78, 5) is 23.0. The Morgan fingerprint density at radius 3 is 2.45 bits per heavy atom. The van der Waals surface area contributed by atoms with Gasteiger partial charge in [-0.15, -0.1) is 0 Å². The average molecular weight is 273 g/mol. The molecule has 2 rings (SSSR count). The van der Waals surface area contributed by atoms with Crippen molar-refractivity contribution in [2.75, 3.05) is 0 Å². The first-order valence-corrected chi connectivity index (χ1v) is 6.32. The topological polar surface area (TPSA) is 87.3 Å². The quantitative estimate of drug-likeness (QED) is 0.670. The van der Waals surface area contributed by atoms with Crippen LogP contribution in [-0.2, 0) is 6.54 Å². The normalized spacial score (nSPS) is 12.2. The minimum atomic E-state index is -0.476. The van der Waals surface area contributed by atoms with Gasteiger partial charge in [-0.05, 0) is 6.92 Å². The van der Waals surface area contributed by atoms with E-state index >= 15 is 0 Å². The highest BCUT2D eigenvalue weighted by molar-refractivity contribution is 5.55. The molecule has 4 N–H and O–H groups in total. The molecule has 0 aliphatic heterocycles. The highest BCUT2D eigenvalue weighted by Crippen LogP contribution is 1.98. The molecule has 1 aromatic carbocycles. The van der Waals surface area contributed by atoms with Gasteiger partial charge in [-0.2, -0.15) is 0 Å². The Balaban J connectivity index is 2.03. The summed E-state index contributed by atoms with van der Waals surface area (Å²) in [5, 5.41) is 6.48. The predicted octanol–water partition coefficient (Wildman–Crippen LogP) is 0.00280. The van der Waals surface area contributed by atoms with Crippen LogP contribution >= 0.6 is 0 Å². The highest BCUT2D eigenvalue weighted by atomic mass is 16.2. The van der Waals surface area contributed by atoms with Crippen LogP contribution < -0.4 is 16.7 Å². The van der Waals surface area contributed by atoms with Gasteiger partial charge in [0.15, 0.2) is 0 Å². The summed E-state index contributed by atoms with van der Waals surface area (Å²) >= 11 is 0. The zero-order valence-corrected chi connectivity index (χ0v) is 11.2. The van der Waals surface area contributed by atoms with Crippen LogP contribution in [0.15, 0.2) is 58.3 Å². The Morgan fingerprint density at radius 1 is 1.20 bits per heavy atom. The van der Waals surface area contributed by atoms with Crippen LogP contribution in [0.25, 0.3) is 5.70 Å². The summed E-state index contributed by atoms with van der Waals surface area (Å²) in [5.74, 6) is 0. The maximum Gasteiger partial charge on any atom is 0.348 e. The lowest BCUT2D eigenvalue weighted by Gasteiger charge is -1.99. The SMILES string of the molecule is C/C=C(\C=C/[NH2+]Cc1ccccc1)n1c(=O)[nH][nH]c1=O. The van der Waals surface area contributed by atoms with Crippen LogP contribution in [0.1, 0.15) is 12.5 Å². The van der Waals surface area contributed by atoms with E-state index < -0.39 is 11.4 Å². The van der Waals surface area contributed by atoms with Crippen molar-refractivity contribution in [2.24, 2.45) is 0 Å². The molecule has 20 heavy (non-hydrogen) atoms. The van der Waals surface area contributed by atoms with Gasteiger partial charge in [0.1, 0.15) is 6.54 Å². The Kier molecular flexibility index (Phi) is 4.52. The zero-order valence-electron chi connectivity index (χ0n) is 11.2. The number of rotatable bonds is 5. The zero-order chi connectivity index (χ0) is 14.4. The fourth-order valence-corrected chi connectivity index (χ4v) is 1.83. The first kappa shape index (κ1) is 13.8. The van der Waals surface area contributed by atoms with E-state index in [4.69, 9.17) is 0 Å². The molecule has 0 amide bonds. The number of hydrogen-bond donors (Lipinski definition) is 3. The fraction of sp³-hybridized carbons (Fsp3) is 0.143. The van der Waals surface area contributed by atoms with E-state index in [9.17, 15) is 9.59 Å². The number of quaternary nitrogens is 1. The maximum atomic E-state index is 11.5. The summed E-state index contributed by atoms with van der Waals surface area (Å²) in [5.41, 5.74) is 0.782. The van der Waals surface area contributed by atoms with Crippen molar-refractivity contribution in [2.45, 2.75) is 13.5 Å². The van der Waals surface area contributed by atoms with Crippen LogP contribution in [0.3, 0.4) is 0 Å². The Bertz CT molecular complexity index is 692. The minimum absolute atomic E-state index is 0.476. The van der Waals surface area contributed by atoms with Gasteiger partial charge in [-0.3, -0.25) is 0 Å². The molecule has 0 bridgehead atoms. The second-order valence-electron chi connectivity index (χ2n) is 4.19. The van der Waals surface area contributed by atoms with E-state index in [1.807, 2.05) is 41.8 Å². The van der Waals surface area contributed by atoms with Crippen LogP contribution in [0.4, 0.5) is 0 Å². The molecule has 0 aliphatic rings. The van der Waals surface area contributed by atoms with Crippen LogP contribution in [0.5, 0.6) is 0 Å². The number of hydrogen-bond acceptors (Lipinski definition) is 2. The van der Waals surface area contributed by atoms with E-state index in [1.54, 1.807) is 19.1 Å². The number of nitrogens with two attached hydrogens (primary N) is 1. The van der Waals surface area contributed by atoms with Crippen LogP contribution in [-0.4, -0.2) is 14.8 Å². The smallest absolute Gasteiger partial charge is 0.316 e. The number of benzene rings is 1. The lowest BCUT2D eigenvalue weighted by molar-refractivity contribution is -0.604. The van der Waals surface area contributed by atoms with Gasteiger partial charge in [0.2, 0.25) is 0 Å². The first-order chi connectivity index (χ1) is 9.72. The molecule has 0 saturated heterocycles. The molecule has 1 heterocycles. The van der Waals surface area contributed by atoms with Crippen molar-refractivity contribution in [1.29, 1.82) is 0 Å². The number of allylic oxidation sites excluding steroid dienone is 3. The van der Waals surface area contributed by atoms with Gasteiger partial charge >= 0.3 is 11.4 Å². The van der Waals surface area contributed by atoms with Gasteiger partial charge in [-0.25, -0.2) is 24.4 Å². The molecule has 2 aromatic rings. The monoisotopic (exact) mass is 273 g/mol. The van der Waals surface area contributed by atoms with Gasteiger partial charge in [0.05, 0.1) is 11.9 Å². The predicted molar refractivity (Wildman–Crippen MR) is 76.8 cm³/mol. The maximum absolute atomic E-state index is 11.5. The van der Waals surface area contributed by atoms with E-state index in [0.717, 1.165) is 11.1 Å². The fourth-order valence-electron chi connectivity index (χ4n) is 1.83. The lowest BCUT2D eigenvalue weighted by atomic mass is 10.2. The molecule has 6 nitrogen and oxygen atoms in total. The van der Waals surface area contributed by atoms with Crippen molar-refractivity contribution < 1.29 is 5.32 Å². The van der Waals surface area contributed by atoms with Crippen molar-refractivity contribution in [1.82, 2.24) is 14.8 Å². The summed E-state index contributed by atoms with van der Waals surface area (Å²) < 4.78 is 1.05. The van der Waals surface area contributed by atoms with E-state index in [2.05, 4.69) is 10.2 Å². The Hall–Kier alpha value is -2.60. The molecule has 6 heteroatoms. The number of nitrogens with zero attached hydrogens (tertiary/aromatic N) is 1. The number of nitrogens with one attached hydrogen (secondary N) is 2. The van der Waals surface area contributed by atoms with E-state index in [-0.39, 0.29) is 0 Å². The van der Waals surface area contributed by atoms with Gasteiger partial charge in [-0.1, -0.05) is 36.4 Å². The largest absolute Gasteiger partial charge is 0.348 e. The van der Waals surface area contributed by atoms with Crippen molar-refractivity contribution >= 4 is 5.70 Å². The molecule has 104 valence electrons. The van der Waals surface area contributed by atoms with Gasteiger partial charge in [0.25, 0.3) is 0 Å². The minimum Gasteiger partial charge on any atom is -0.316 e. The first-order valence-electron chi connectivity index (χ1n) is 6.32. The molecule has 0 aliphatic carbocycles. The Labute approximate surface area is 115 Å². The summed E-state index contributed by atoms with van der Waals surface area (Å²) in [6, 6.07) is 10.0. The molecular formula is C14H17N4O2+. The van der Waals surface area contributed by atoms with Gasteiger partial charge in [0, 0.05) is 11.6 Å². The molecule has 0 spiro atoms. The molecule has 0 fully saturated rings. The third kappa shape index (κ3) is 3.24. The standard InChI is InChI=1S/C14H16N4O2/c1-2-12(18-13(19)16-17-14(18)20)8-9-15-10-11-6-4-3-5-7-11/h2-9,15H,10H2,1H3,(H,16,19)(H,17,20)/p+1/b9-8-,12-2+. The lowest BCUT2D eigenvalue weighted by Crippen LogP contribution is -2.76. The van der Waals surface area contributed by atoms with Crippen molar-refractivity contribution in [3.05, 3.63) is 75.2 Å². The third-order valence-corrected chi connectivity index (χ3v) is 2.84. The highest BCUT2D eigenvalue weighted by Gasteiger charge is 2.05. The second-order valence-corrected chi connectivity index (χ2v) is 4.19. The van der Waals surface area contributed by atoms with E-state index in [1.165, 1.54) is 5.56 Å². The molecular weight excluding hydrogens is 256 g/mol. The second kappa shape index (κ2) is 6.53. The summed E-state index contributed by atoms with van der Waals surface area (Å²) in [6.07, 6.45) is 5.27. The van der Waals surface area contributed by atoms with Crippen LogP contribution in [0, 0.1) is 0 Å². The summed E-state index contributed by atoms with van der Waals surface area (Å²) in [6.45, 7) is 2.57. The van der Waals surface area contributed by atoms with Crippen molar-refractivity contribution in [3.63, 3.8) is 0 Å². The van der Waals surface area contributed by atoms with E-state index in [0.29, 0.717) is 5.70 Å². The molecule has 0 radical (unpaired) electrons.